The highest BCUT2D eigenvalue weighted by atomic mass is 31.2. The summed E-state index contributed by atoms with van der Waals surface area (Å²) in [5.74, 6) is -2.23. The smallest absolute Gasteiger partial charge is 0.439 e. The zero-order chi connectivity index (χ0) is 33.2. The van der Waals surface area contributed by atoms with Crippen LogP contribution < -0.4 is 10.6 Å². The average molecular weight is 670 g/mol. The van der Waals surface area contributed by atoms with Gasteiger partial charge >= 0.3 is 19.5 Å². The highest BCUT2D eigenvalue weighted by Gasteiger charge is 2.62. The van der Waals surface area contributed by atoms with Crippen molar-refractivity contribution in [2.45, 2.75) is 97.1 Å². The zero-order valence-electron chi connectivity index (χ0n) is 27.3. The summed E-state index contributed by atoms with van der Waals surface area (Å²) in [4.78, 5) is 41.5. The van der Waals surface area contributed by atoms with Crippen LogP contribution in [-0.4, -0.2) is 55.8 Å². The van der Waals surface area contributed by atoms with E-state index in [0.717, 1.165) is 32.1 Å². The van der Waals surface area contributed by atoms with Gasteiger partial charge in [-0.1, -0.05) is 49.7 Å². The number of hydrogen-bond donors (Lipinski definition) is 0. The quantitative estimate of drug-likeness (QED) is 0.0902. The molecule has 1 unspecified atom stereocenters. The Bertz CT molecular complexity index is 1460. The summed E-state index contributed by atoms with van der Waals surface area (Å²) >= 11 is 0. The van der Waals surface area contributed by atoms with Crippen molar-refractivity contribution in [2.75, 3.05) is 0 Å². The molecule has 12 heteroatoms. The minimum absolute atomic E-state index is 0.0825. The van der Waals surface area contributed by atoms with E-state index in [4.69, 9.17) is 23.2 Å². The molecule has 1 saturated heterocycles. The van der Waals surface area contributed by atoms with Gasteiger partial charge in [-0.25, -0.2) is 9.59 Å². The van der Waals surface area contributed by atoms with Gasteiger partial charge in [0, 0.05) is 12.8 Å². The van der Waals surface area contributed by atoms with Crippen molar-refractivity contribution in [3.63, 3.8) is 0 Å². The Morgan fingerprint density at radius 3 is 2.00 bits per heavy atom. The maximum absolute atomic E-state index is 14.9. The fraction of sp³-hybridized carbons (Fsp3) is 0.500. The van der Waals surface area contributed by atoms with Gasteiger partial charge in [0.25, 0.3) is 0 Å². The Balaban J connectivity index is 1.46. The second-order valence-corrected chi connectivity index (χ2v) is 20.0. The molecule has 2 fully saturated rings. The first kappa shape index (κ1) is 33.9. The van der Waals surface area contributed by atoms with E-state index in [1.165, 1.54) is 11.8 Å². The maximum Gasteiger partial charge on any atom is 0.511 e. The monoisotopic (exact) mass is 669 g/mol. The van der Waals surface area contributed by atoms with Crippen LogP contribution in [0.4, 0.5) is 4.79 Å². The van der Waals surface area contributed by atoms with Gasteiger partial charge in [-0.15, -0.1) is 0 Å². The first-order chi connectivity index (χ1) is 21.8. The predicted molar refractivity (Wildman–Crippen MR) is 175 cm³/mol. The molecule has 46 heavy (non-hydrogen) atoms. The molecule has 1 saturated carbocycles. The number of carbonyl (C=O) groups excluding carboxylic acids is 3. The van der Waals surface area contributed by atoms with Gasteiger partial charge < -0.3 is 23.2 Å². The number of hydrogen-bond acceptors (Lipinski definition) is 9. The molecule has 0 bridgehead atoms. The molecule has 3 aliphatic rings. The summed E-state index contributed by atoms with van der Waals surface area (Å²) in [6, 6.07) is 17.1. The molecule has 1 amide bonds. The van der Waals surface area contributed by atoms with Gasteiger partial charge in [0.1, 0.15) is 11.9 Å². The Labute approximate surface area is 272 Å². The molecular weight excluding hydrogens is 625 g/mol. The summed E-state index contributed by atoms with van der Waals surface area (Å²) in [5, 5.41) is 0.867. The fourth-order valence-corrected chi connectivity index (χ4v) is 10.0. The number of fused-ring (bicyclic) bond motifs is 1. The van der Waals surface area contributed by atoms with Crippen molar-refractivity contribution in [2.24, 2.45) is 11.8 Å². The van der Waals surface area contributed by atoms with E-state index in [1.54, 1.807) is 48.5 Å². The predicted octanol–water partition coefficient (Wildman–Crippen LogP) is 6.24. The fourth-order valence-electron chi connectivity index (χ4n) is 6.60. The molecule has 2 aromatic rings. The van der Waals surface area contributed by atoms with E-state index in [2.05, 4.69) is 19.6 Å². The highest BCUT2D eigenvalue weighted by molar-refractivity contribution is 7.74. The van der Waals surface area contributed by atoms with E-state index in [-0.39, 0.29) is 23.5 Å². The molecule has 1 aliphatic carbocycles. The largest absolute Gasteiger partial charge is 0.511 e. The summed E-state index contributed by atoms with van der Waals surface area (Å²) < 4.78 is 44.0. The van der Waals surface area contributed by atoms with E-state index in [0.29, 0.717) is 10.6 Å². The number of carbonyl (C=O) groups is 3. The summed E-state index contributed by atoms with van der Waals surface area (Å²) in [6.45, 7) is 11.3. The van der Waals surface area contributed by atoms with E-state index in [9.17, 15) is 18.9 Å². The van der Waals surface area contributed by atoms with Crippen LogP contribution in [0.2, 0.25) is 19.6 Å². The van der Waals surface area contributed by atoms with Crippen LogP contribution in [-0.2, 0) is 37.3 Å². The lowest BCUT2D eigenvalue weighted by atomic mass is 9.79. The Morgan fingerprint density at radius 1 is 0.891 bits per heavy atom. The molecule has 0 spiro atoms. The molecule has 5 rings (SSSR count). The minimum Gasteiger partial charge on any atom is -0.439 e. The second-order valence-electron chi connectivity index (χ2n) is 13.2. The number of rotatable bonds is 11. The summed E-state index contributed by atoms with van der Waals surface area (Å²) in [5.41, 5.74) is -0.151. The van der Waals surface area contributed by atoms with Crippen LogP contribution in [0.5, 0.6) is 0 Å². The molecular formula is C34H44NO9PSi. The lowest BCUT2D eigenvalue weighted by Gasteiger charge is -2.48. The van der Waals surface area contributed by atoms with Crippen LogP contribution in [0.25, 0.3) is 0 Å². The van der Waals surface area contributed by atoms with Gasteiger partial charge in [0.2, 0.25) is 12.2 Å². The molecule has 2 heterocycles. The molecule has 5 atom stereocenters. The standard InChI is InChI=1S/C34H44NO9PSi/c1-22-29-28(23(2)44-46(4,5)6)32(36)35(29)30(33(37)40-24(3)41-34(38)42-25-16-10-7-11-17-25)31(22)43-45(39,26-18-12-8-13-19-26)27-20-14-9-15-21-27/h8-9,12-15,18-25,28-29H,7,10-11,16-17H2,1-6H3/t22-,23-,24?,28-,29-/m1/s1. The Kier molecular flexibility index (Phi) is 10.2. The lowest BCUT2D eigenvalue weighted by molar-refractivity contribution is -0.174. The third-order valence-corrected chi connectivity index (χ3v) is 12.1. The maximum atomic E-state index is 14.9. The molecule has 0 N–H and O–H groups in total. The molecule has 2 aromatic carbocycles. The Hall–Kier alpha value is -3.40. The summed E-state index contributed by atoms with van der Waals surface area (Å²) in [7, 11) is -5.83. The van der Waals surface area contributed by atoms with Crippen LogP contribution in [0.15, 0.2) is 72.1 Å². The van der Waals surface area contributed by atoms with Crippen molar-refractivity contribution in [1.82, 2.24) is 4.90 Å². The van der Waals surface area contributed by atoms with Crippen molar-refractivity contribution < 1.29 is 42.1 Å². The van der Waals surface area contributed by atoms with Crippen molar-refractivity contribution >= 4 is 44.3 Å². The minimum atomic E-state index is -3.82. The van der Waals surface area contributed by atoms with Gasteiger partial charge in [-0.2, -0.15) is 0 Å². The summed E-state index contributed by atoms with van der Waals surface area (Å²) in [6.07, 6.45) is 1.68. The van der Waals surface area contributed by atoms with Gasteiger partial charge in [0.15, 0.2) is 14.0 Å². The van der Waals surface area contributed by atoms with Crippen LogP contribution in [0.1, 0.15) is 52.9 Å². The molecule has 248 valence electrons. The number of benzene rings is 2. The number of amides is 1. The molecule has 0 radical (unpaired) electrons. The third-order valence-electron chi connectivity index (χ3n) is 8.60. The number of esters is 1. The number of ether oxygens (including phenoxy) is 3. The molecule has 2 aliphatic heterocycles. The van der Waals surface area contributed by atoms with Crippen molar-refractivity contribution in [1.29, 1.82) is 0 Å². The normalized spacial score (nSPS) is 23.2. The van der Waals surface area contributed by atoms with Crippen molar-refractivity contribution in [3.05, 3.63) is 72.1 Å². The highest BCUT2D eigenvalue weighted by Crippen LogP contribution is 2.55. The SMILES string of the molecule is CC(OC(=O)OC1CCCCC1)OC(=O)C1=C(OP(=O)(c2ccccc2)c2ccccc2)[C@H](C)[C@@H]2[C@@H]([C@@H](C)O[Si](C)(C)C)C(=O)N12. The third kappa shape index (κ3) is 7.11. The van der Waals surface area contributed by atoms with Gasteiger partial charge in [-0.3, -0.25) is 14.3 Å². The van der Waals surface area contributed by atoms with E-state index < -0.39 is 58.1 Å². The Morgan fingerprint density at radius 2 is 1.46 bits per heavy atom. The zero-order valence-corrected chi connectivity index (χ0v) is 29.2. The number of nitrogens with zero attached hydrogens (tertiary/aromatic N) is 1. The average Bonchev–Trinajstić information content (AvgIpc) is 3.24. The molecule has 10 nitrogen and oxygen atoms in total. The topological polar surface area (TPSA) is 118 Å². The van der Waals surface area contributed by atoms with E-state index >= 15 is 0 Å². The van der Waals surface area contributed by atoms with Crippen LogP contribution in [0, 0.1) is 11.8 Å². The second kappa shape index (κ2) is 13.8. The van der Waals surface area contributed by atoms with Crippen LogP contribution in [0.3, 0.4) is 0 Å². The number of β-lactam (4-membered cyclic amide) rings is 1. The first-order valence-corrected chi connectivity index (χ1v) is 21.1. The first-order valence-electron chi connectivity index (χ1n) is 16.0. The van der Waals surface area contributed by atoms with E-state index in [1.807, 2.05) is 26.0 Å². The molecule has 0 aromatic heterocycles. The van der Waals surface area contributed by atoms with Gasteiger partial charge in [-0.05, 0) is 76.5 Å². The lowest BCUT2D eigenvalue weighted by Crippen LogP contribution is -2.64. The van der Waals surface area contributed by atoms with Crippen molar-refractivity contribution in [3.8, 4) is 0 Å². The van der Waals surface area contributed by atoms with Crippen LogP contribution >= 0.6 is 7.37 Å². The van der Waals surface area contributed by atoms with Gasteiger partial charge in [0.05, 0.1) is 28.7 Å².